The largest absolute Gasteiger partial charge is 0.493 e. The van der Waals surface area contributed by atoms with Crippen molar-refractivity contribution < 1.29 is 38.0 Å². The molecule has 2 heterocycles. The SMILES string of the molecule is COc1cc2c(cc1OC)N(C(=O)OCCS(O)(O)c1ccccc1)[C@@H](O)[C@@H]1CCCN1C2=O. The van der Waals surface area contributed by atoms with E-state index >= 15 is 0 Å². The van der Waals surface area contributed by atoms with E-state index in [4.69, 9.17) is 14.2 Å². The summed E-state index contributed by atoms with van der Waals surface area (Å²) in [6.45, 7) is 0.152. The first-order valence-corrected chi connectivity index (χ1v) is 12.5. The molecule has 34 heavy (non-hydrogen) atoms. The zero-order valence-electron chi connectivity index (χ0n) is 18.9. The average Bonchev–Trinajstić information content (AvgIpc) is 3.31. The standard InChI is InChI=1S/C23H28N2O8S/c1-31-19-13-16-18(14-20(19)32-2)25(22(27)17-9-6-10-24(17)21(16)26)23(28)33-11-12-34(29,30)15-7-4-3-5-8-15/h3-5,7-8,13-14,17,22,27,29-30H,6,9-12H2,1-2H3/t17-,22-/m0/s1. The quantitative estimate of drug-likeness (QED) is 0.560. The van der Waals surface area contributed by atoms with E-state index in [1.54, 1.807) is 35.2 Å². The summed E-state index contributed by atoms with van der Waals surface area (Å²) in [6.07, 6.45) is -1.05. The van der Waals surface area contributed by atoms with Gasteiger partial charge < -0.3 is 24.2 Å². The molecule has 0 aromatic heterocycles. The molecule has 1 fully saturated rings. The predicted molar refractivity (Wildman–Crippen MR) is 126 cm³/mol. The van der Waals surface area contributed by atoms with E-state index in [9.17, 15) is 23.8 Å². The van der Waals surface area contributed by atoms with E-state index in [0.717, 1.165) is 4.90 Å². The number of fused-ring (bicyclic) bond motifs is 2. The first kappa shape index (κ1) is 24.1. The van der Waals surface area contributed by atoms with Gasteiger partial charge in [-0.3, -0.25) is 13.9 Å². The lowest BCUT2D eigenvalue weighted by Crippen LogP contribution is -2.51. The highest BCUT2D eigenvalue weighted by atomic mass is 32.3. The number of ether oxygens (including phenoxy) is 3. The van der Waals surface area contributed by atoms with Crippen molar-refractivity contribution in [2.45, 2.75) is 30.0 Å². The molecule has 0 unspecified atom stereocenters. The Labute approximate surface area is 199 Å². The lowest BCUT2D eigenvalue weighted by atomic mass is 10.1. The molecule has 2 aromatic carbocycles. The van der Waals surface area contributed by atoms with Crippen LogP contribution >= 0.6 is 10.6 Å². The van der Waals surface area contributed by atoms with Gasteiger partial charge in [-0.25, -0.2) is 9.69 Å². The number of methoxy groups -OCH3 is 2. The second-order valence-corrected chi connectivity index (χ2v) is 10.2. The molecule has 1 saturated heterocycles. The zero-order chi connectivity index (χ0) is 24.5. The molecule has 2 aromatic rings. The maximum Gasteiger partial charge on any atom is 0.416 e. The van der Waals surface area contributed by atoms with Gasteiger partial charge in [0, 0.05) is 12.6 Å². The van der Waals surface area contributed by atoms with E-state index in [1.165, 1.54) is 26.4 Å². The fourth-order valence-corrected chi connectivity index (χ4v) is 5.48. The van der Waals surface area contributed by atoms with Crippen molar-refractivity contribution in [1.29, 1.82) is 0 Å². The Balaban J connectivity index is 1.62. The van der Waals surface area contributed by atoms with Gasteiger partial charge in [0.2, 0.25) is 0 Å². The fourth-order valence-electron chi connectivity index (χ4n) is 4.34. The molecule has 2 amide bonds. The monoisotopic (exact) mass is 492 g/mol. The molecule has 184 valence electrons. The Kier molecular flexibility index (Phi) is 6.89. The van der Waals surface area contributed by atoms with Crippen molar-refractivity contribution in [1.82, 2.24) is 4.90 Å². The molecule has 0 bridgehead atoms. The number of aliphatic hydroxyl groups excluding tert-OH is 1. The number of carbonyl (C=O) groups is 2. The maximum absolute atomic E-state index is 13.3. The van der Waals surface area contributed by atoms with Gasteiger partial charge in [-0.15, -0.1) is 0 Å². The third-order valence-corrected chi connectivity index (χ3v) is 7.83. The predicted octanol–water partition coefficient (Wildman–Crippen LogP) is 3.39. The van der Waals surface area contributed by atoms with Crippen LogP contribution in [0.15, 0.2) is 47.4 Å². The van der Waals surface area contributed by atoms with Crippen molar-refractivity contribution in [2.75, 3.05) is 38.0 Å². The van der Waals surface area contributed by atoms with Crippen LogP contribution in [-0.2, 0) is 4.74 Å². The summed E-state index contributed by atoms with van der Waals surface area (Å²) >= 11 is 0. The Morgan fingerprint density at radius 2 is 1.79 bits per heavy atom. The van der Waals surface area contributed by atoms with Crippen molar-refractivity contribution in [2.24, 2.45) is 0 Å². The number of aliphatic hydroxyl groups is 1. The summed E-state index contributed by atoms with van der Waals surface area (Å²) in [5.74, 6) is 0.0530. The van der Waals surface area contributed by atoms with Gasteiger partial charge in [0.15, 0.2) is 17.7 Å². The molecule has 3 N–H and O–H groups in total. The van der Waals surface area contributed by atoms with Gasteiger partial charge in [-0.05, 0) is 31.0 Å². The van der Waals surface area contributed by atoms with Crippen molar-refractivity contribution in [3.05, 3.63) is 48.0 Å². The normalized spacial score (nSPS) is 20.3. The van der Waals surface area contributed by atoms with Crippen molar-refractivity contribution in [3.63, 3.8) is 0 Å². The van der Waals surface area contributed by atoms with Crippen LogP contribution in [0, 0.1) is 0 Å². The molecule has 0 saturated carbocycles. The number of hydrogen-bond donors (Lipinski definition) is 3. The van der Waals surface area contributed by atoms with Crippen LogP contribution in [0.1, 0.15) is 23.2 Å². The Bertz CT molecular complexity index is 1060. The van der Waals surface area contributed by atoms with E-state index in [0.29, 0.717) is 30.0 Å². The van der Waals surface area contributed by atoms with Gasteiger partial charge in [0.25, 0.3) is 5.91 Å². The number of carbonyl (C=O) groups excluding carboxylic acids is 2. The number of anilines is 1. The van der Waals surface area contributed by atoms with E-state index in [1.807, 2.05) is 0 Å². The van der Waals surface area contributed by atoms with Gasteiger partial charge in [0.05, 0.1) is 42.2 Å². The summed E-state index contributed by atoms with van der Waals surface area (Å²) in [4.78, 5) is 29.4. The second-order valence-electron chi connectivity index (χ2n) is 8.01. The highest BCUT2D eigenvalue weighted by Crippen LogP contribution is 2.47. The summed E-state index contributed by atoms with van der Waals surface area (Å²) in [5, 5.41) is 11.1. The van der Waals surface area contributed by atoms with Crippen molar-refractivity contribution >= 4 is 28.3 Å². The topological polar surface area (TPSA) is 129 Å². The van der Waals surface area contributed by atoms with E-state index < -0.39 is 29.0 Å². The smallest absolute Gasteiger partial charge is 0.416 e. The third kappa shape index (κ3) is 4.39. The highest BCUT2D eigenvalue weighted by Gasteiger charge is 2.45. The fraction of sp³-hybridized carbons (Fsp3) is 0.391. The second kappa shape index (κ2) is 9.71. The molecule has 11 heteroatoms. The summed E-state index contributed by atoms with van der Waals surface area (Å²) < 4.78 is 36.9. The molecule has 2 atom stereocenters. The minimum Gasteiger partial charge on any atom is -0.493 e. The van der Waals surface area contributed by atoms with E-state index in [2.05, 4.69) is 0 Å². The van der Waals surface area contributed by atoms with Gasteiger partial charge in [0.1, 0.15) is 6.61 Å². The maximum atomic E-state index is 13.3. The summed E-state index contributed by atoms with van der Waals surface area (Å²) in [7, 11) is -0.302. The average molecular weight is 493 g/mol. The number of hydrogen-bond acceptors (Lipinski definition) is 8. The van der Waals surface area contributed by atoms with E-state index in [-0.39, 0.29) is 35.3 Å². The molecule has 10 nitrogen and oxygen atoms in total. The van der Waals surface area contributed by atoms with Crippen LogP contribution in [0.2, 0.25) is 0 Å². The summed E-state index contributed by atoms with van der Waals surface area (Å²) in [5.41, 5.74) is 0.302. The molecular weight excluding hydrogens is 464 g/mol. The van der Waals surface area contributed by atoms with Gasteiger partial charge in [-0.1, -0.05) is 18.2 Å². The Hall–Kier alpha value is -2.99. The molecule has 0 spiro atoms. The first-order chi connectivity index (χ1) is 16.3. The zero-order valence-corrected chi connectivity index (χ0v) is 19.7. The highest BCUT2D eigenvalue weighted by molar-refractivity contribution is 8.24. The van der Waals surface area contributed by atoms with Crippen LogP contribution in [0.4, 0.5) is 10.5 Å². The Morgan fingerprint density at radius 3 is 2.47 bits per heavy atom. The molecule has 2 aliphatic rings. The van der Waals surface area contributed by atoms with Gasteiger partial charge >= 0.3 is 6.09 Å². The number of nitrogens with zero attached hydrogens (tertiary/aromatic N) is 2. The van der Waals surface area contributed by atoms with Crippen molar-refractivity contribution in [3.8, 4) is 11.5 Å². The first-order valence-electron chi connectivity index (χ1n) is 10.8. The van der Waals surface area contributed by atoms with Crippen LogP contribution in [0.3, 0.4) is 0 Å². The Morgan fingerprint density at radius 1 is 1.12 bits per heavy atom. The number of rotatable bonds is 6. The summed E-state index contributed by atoms with van der Waals surface area (Å²) in [6, 6.07) is 10.6. The van der Waals surface area contributed by atoms with Crippen LogP contribution in [0.5, 0.6) is 11.5 Å². The molecule has 2 aliphatic heterocycles. The van der Waals surface area contributed by atoms with Gasteiger partial charge in [-0.2, -0.15) is 10.6 Å². The third-order valence-electron chi connectivity index (χ3n) is 6.07. The minimum absolute atomic E-state index is 0.129. The molecule has 0 aliphatic carbocycles. The molecule has 0 radical (unpaired) electrons. The lowest BCUT2D eigenvalue weighted by Gasteiger charge is -2.34. The minimum atomic E-state index is -3.17. The van der Waals surface area contributed by atoms with Crippen LogP contribution in [0.25, 0.3) is 0 Å². The van der Waals surface area contributed by atoms with Crippen LogP contribution in [-0.4, -0.2) is 76.5 Å². The molecule has 4 rings (SSSR count). The molecular formula is C23H28N2O8S. The lowest BCUT2D eigenvalue weighted by molar-refractivity contribution is 0.0493. The van der Waals surface area contributed by atoms with Crippen LogP contribution < -0.4 is 14.4 Å². The number of benzene rings is 2. The number of amides is 2.